The second kappa shape index (κ2) is 6.88. The normalized spacial score (nSPS) is 25.7. The first-order valence-electron chi connectivity index (χ1n) is 8.23. The van der Waals surface area contributed by atoms with Crippen molar-refractivity contribution in [2.75, 3.05) is 13.2 Å². The predicted molar refractivity (Wildman–Crippen MR) is 95.6 cm³/mol. The van der Waals surface area contributed by atoms with Gasteiger partial charge in [0.1, 0.15) is 0 Å². The Morgan fingerprint density at radius 1 is 1.12 bits per heavy atom. The van der Waals surface area contributed by atoms with Crippen LogP contribution in [0.15, 0.2) is 59.5 Å². The molecule has 1 N–H and O–H groups in total. The number of hydrogen-bond donors (Lipinski definition) is 1. The van der Waals surface area contributed by atoms with Crippen molar-refractivity contribution in [3.63, 3.8) is 0 Å². The number of hydrogen-bond acceptors (Lipinski definition) is 4. The van der Waals surface area contributed by atoms with Gasteiger partial charge in [0.15, 0.2) is 0 Å². The van der Waals surface area contributed by atoms with Gasteiger partial charge in [-0.15, -0.1) is 0 Å². The fraction of sp³-hybridized carbons (Fsp3) is 0.368. The zero-order chi connectivity index (χ0) is 18.1. The maximum absolute atomic E-state index is 12.9. The fourth-order valence-corrected chi connectivity index (χ4v) is 5.03. The third kappa shape index (κ3) is 3.48. The van der Waals surface area contributed by atoms with E-state index in [4.69, 9.17) is 4.74 Å². The van der Waals surface area contributed by atoms with Crippen LogP contribution in [-0.2, 0) is 21.4 Å². The average Bonchev–Trinajstić information content (AvgIpc) is 3.22. The van der Waals surface area contributed by atoms with Crippen molar-refractivity contribution in [1.82, 2.24) is 4.31 Å². The number of benzene rings is 2. The smallest absolute Gasteiger partial charge is 0.244 e. The minimum atomic E-state index is -3.65. The highest BCUT2D eigenvalue weighted by Crippen LogP contribution is 2.45. The Kier molecular flexibility index (Phi) is 4.97. The van der Waals surface area contributed by atoms with Gasteiger partial charge in [0.2, 0.25) is 10.0 Å². The molecular weight excluding hydrogens is 338 g/mol. The summed E-state index contributed by atoms with van der Waals surface area (Å²) in [6.07, 6.45) is 0. The van der Waals surface area contributed by atoms with Crippen LogP contribution in [0.1, 0.15) is 18.1 Å². The number of aliphatic hydroxyl groups excluding tert-OH is 1. The van der Waals surface area contributed by atoms with Gasteiger partial charge in [-0.25, -0.2) is 8.42 Å². The molecule has 6 heteroatoms. The molecule has 0 aromatic heterocycles. The van der Waals surface area contributed by atoms with Gasteiger partial charge in [-0.3, -0.25) is 0 Å². The average molecular weight is 361 g/mol. The third-order valence-electron chi connectivity index (χ3n) is 4.72. The fourth-order valence-electron chi connectivity index (χ4n) is 3.02. The number of aryl methyl sites for hydroxylation is 1. The highest BCUT2D eigenvalue weighted by atomic mass is 32.2. The van der Waals surface area contributed by atoms with E-state index in [1.54, 1.807) is 31.2 Å². The molecule has 0 amide bonds. The van der Waals surface area contributed by atoms with Crippen LogP contribution in [0.2, 0.25) is 0 Å². The van der Waals surface area contributed by atoms with E-state index in [1.807, 2.05) is 37.3 Å². The largest absolute Gasteiger partial charge is 0.394 e. The molecule has 2 aromatic carbocycles. The molecule has 3 rings (SSSR count). The topological polar surface area (TPSA) is 66.6 Å². The molecule has 1 aliphatic heterocycles. The van der Waals surface area contributed by atoms with Gasteiger partial charge in [-0.2, -0.15) is 4.31 Å². The lowest BCUT2D eigenvalue weighted by molar-refractivity contribution is 0.114. The molecule has 0 aliphatic carbocycles. The summed E-state index contributed by atoms with van der Waals surface area (Å²) in [7, 11) is -3.65. The van der Waals surface area contributed by atoms with Crippen molar-refractivity contribution in [2.45, 2.75) is 36.9 Å². The SMILES string of the molecule is Cc1ccc(S(=O)(=O)N2[C@H](COCc3ccccc3)[C@@]2(C)CO)cc1. The van der Waals surface area contributed by atoms with Gasteiger partial charge in [0.05, 0.1) is 36.3 Å². The number of nitrogens with zero attached hydrogens (tertiary/aromatic N) is 1. The van der Waals surface area contributed by atoms with Crippen molar-refractivity contribution in [2.24, 2.45) is 0 Å². The van der Waals surface area contributed by atoms with Crippen molar-refractivity contribution in [1.29, 1.82) is 0 Å². The molecule has 3 atom stereocenters. The number of sulfonamides is 1. The molecule has 1 fully saturated rings. The predicted octanol–water partition coefficient (Wildman–Crippen LogP) is 2.34. The lowest BCUT2D eigenvalue weighted by Crippen LogP contribution is -2.24. The Morgan fingerprint density at radius 2 is 1.76 bits per heavy atom. The van der Waals surface area contributed by atoms with E-state index in [0.717, 1.165) is 11.1 Å². The van der Waals surface area contributed by atoms with E-state index in [0.29, 0.717) is 6.61 Å². The molecule has 2 aromatic rings. The van der Waals surface area contributed by atoms with Crippen LogP contribution in [0.3, 0.4) is 0 Å². The molecule has 0 radical (unpaired) electrons. The second-order valence-electron chi connectivity index (χ2n) is 6.65. The van der Waals surface area contributed by atoms with E-state index in [-0.39, 0.29) is 24.2 Å². The zero-order valence-electron chi connectivity index (χ0n) is 14.4. The molecule has 0 bridgehead atoms. The van der Waals surface area contributed by atoms with Crippen LogP contribution in [0.25, 0.3) is 0 Å². The number of aliphatic hydroxyl groups is 1. The number of rotatable bonds is 7. The zero-order valence-corrected chi connectivity index (χ0v) is 15.2. The first-order chi connectivity index (χ1) is 11.9. The molecular formula is C19H23NO4S. The van der Waals surface area contributed by atoms with Crippen LogP contribution in [0.5, 0.6) is 0 Å². The van der Waals surface area contributed by atoms with Crippen LogP contribution < -0.4 is 0 Å². The Morgan fingerprint density at radius 3 is 2.36 bits per heavy atom. The lowest BCUT2D eigenvalue weighted by atomic mass is 10.1. The van der Waals surface area contributed by atoms with Gasteiger partial charge in [0.25, 0.3) is 0 Å². The van der Waals surface area contributed by atoms with Gasteiger partial charge in [-0.05, 0) is 31.5 Å². The van der Waals surface area contributed by atoms with Crippen molar-refractivity contribution in [3.8, 4) is 0 Å². The summed E-state index contributed by atoms with van der Waals surface area (Å²) in [5.41, 5.74) is 1.21. The minimum Gasteiger partial charge on any atom is -0.394 e. The lowest BCUT2D eigenvalue weighted by Gasteiger charge is -2.10. The van der Waals surface area contributed by atoms with E-state index >= 15 is 0 Å². The Hall–Kier alpha value is -1.73. The van der Waals surface area contributed by atoms with Crippen molar-refractivity contribution >= 4 is 10.0 Å². The van der Waals surface area contributed by atoms with E-state index in [9.17, 15) is 13.5 Å². The van der Waals surface area contributed by atoms with Crippen LogP contribution in [0.4, 0.5) is 0 Å². The summed E-state index contributed by atoms with van der Waals surface area (Å²) in [6, 6.07) is 16.1. The quantitative estimate of drug-likeness (QED) is 0.769. The second-order valence-corrected chi connectivity index (χ2v) is 8.46. The molecule has 1 saturated heterocycles. The van der Waals surface area contributed by atoms with Crippen molar-refractivity contribution < 1.29 is 18.3 Å². The number of ether oxygens (including phenoxy) is 1. The summed E-state index contributed by atoms with van der Waals surface area (Å²) < 4.78 is 32.8. The molecule has 134 valence electrons. The molecule has 0 spiro atoms. The van der Waals surface area contributed by atoms with E-state index in [1.165, 1.54) is 4.31 Å². The molecule has 1 heterocycles. The standard InChI is InChI=1S/C19H23NO4S/c1-15-8-10-17(11-9-15)25(22,23)20-18(19(20,2)14-21)13-24-12-16-6-4-3-5-7-16/h3-11,18,21H,12-14H2,1-2H3/t18-,19-,20?/m1/s1. The summed E-state index contributed by atoms with van der Waals surface area (Å²) in [4.78, 5) is 0.239. The first kappa shape index (κ1) is 18.1. The Balaban J connectivity index is 1.71. The monoisotopic (exact) mass is 361 g/mol. The summed E-state index contributed by atoms with van der Waals surface area (Å²) in [5, 5.41) is 9.72. The highest BCUT2D eigenvalue weighted by Gasteiger charge is 2.65. The third-order valence-corrected chi connectivity index (χ3v) is 6.78. The van der Waals surface area contributed by atoms with E-state index in [2.05, 4.69) is 0 Å². The Labute approximate surface area is 148 Å². The maximum atomic E-state index is 12.9. The van der Waals surface area contributed by atoms with Crippen LogP contribution in [-0.4, -0.2) is 42.6 Å². The van der Waals surface area contributed by atoms with E-state index < -0.39 is 15.6 Å². The van der Waals surface area contributed by atoms with Gasteiger partial charge in [-0.1, -0.05) is 48.0 Å². The molecule has 1 unspecified atom stereocenters. The van der Waals surface area contributed by atoms with Crippen molar-refractivity contribution in [3.05, 3.63) is 65.7 Å². The Bertz CT molecular complexity index is 820. The van der Waals surface area contributed by atoms with Crippen LogP contribution >= 0.6 is 0 Å². The summed E-state index contributed by atoms with van der Waals surface area (Å²) in [6.45, 7) is 4.08. The molecule has 5 nitrogen and oxygen atoms in total. The summed E-state index contributed by atoms with van der Waals surface area (Å²) in [5.74, 6) is 0. The highest BCUT2D eigenvalue weighted by molar-refractivity contribution is 7.89. The van der Waals surface area contributed by atoms with Crippen LogP contribution in [0, 0.1) is 6.92 Å². The molecule has 1 aliphatic rings. The minimum absolute atomic E-state index is 0.239. The van der Waals surface area contributed by atoms with Gasteiger partial charge >= 0.3 is 0 Å². The first-order valence-corrected chi connectivity index (χ1v) is 9.67. The van der Waals surface area contributed by atoms with Gasteiger partial charge < -0.3 is 9.84 Å². The molecule has 25 heavy (non-hydrogen) atoms. The molecule has 0 saturated carbocycles. The summed E-state index contributed by atoms with van der Waals surface area (Å²) >= 11 is 0. The maximum Gasteiger partial charge on any atom is 0.244 e. The van der Waals surface area contributed by atoms with Gasteiger partial charge in [0, 0.05) is 0 Å².